The van der Waals surface area contributed by atoms with Gasteiger partial charge in [0, 0.05) is 38.9 Å². The normalized spacial score (nSPS) is 21.7. The van der Waals surface area contributed by atoms with Gasteiger partial charge in [0.25, 0.3) is 0 Å². The zero-order valence-electron chi connectivity index (χ0n) is 13.7. The van der Waals surface area contributed by atoms with Gasteiger partial charge in [0.2, 0.25) is 11.8 Å². The molecular formula is C15H24N4O3S. The predicted molar refractivity (Wildman–Crippen MR) is 91.5 cm³/mol. The van der Waals surface area contributed by atoms with Crippen LogP contribution >= 0.6 is 12.2 Å². The number of carbonyl (C=O) groups is 2. The quantitative estimate of drug-likeness (QED) is 0.387. The minimum Gasteiger partial charge on any atom is -0.379 e. The Kier molecular flexibility index (Phi) is 6.61. The van der Waals surface area contributed by atoms with Gasteiger partial charge in [-0.2, -0.15) is 0 Å². The number of morpholine rings is 1. The Hall–Kier alpha value is -1.38. The third-order valence-corrected chi connectivity index (χ3v) is 4.50. The molecule has 2 aliphatic heterocycles. The van der Waals surface area contributed by atoms with Crippen LogP contribution < -0.4 is 0 Å². The second-order valence-corrected chi connectivity index (χ2v) is 5.80. The fraction of sp³-hybridized carbons (Fsp3) is 0.733. The third kappa shape index (κ3) is 4.13. The number of ether oxygens (including phenoxy) is 1. The maximum absolute atomic E-state index is 12.4. The molecule has 128 valence electrons. The highest BCUT2D eigenvalue weighted by Gasteiger charge is 2.41. The second-order valence-electron chi connectivity index (χ2n) is 5.43. The smallest absolute Gasteiger partial charge is 0.246 e. The van der Waals surface area contributed by atoms with Crippen molar-refractivity contribution in [3.8, 4) is 0 Å². The summed E-state index contributed by atoms with van der Waals surface area (Å²) in [6.07, 6.45) is 1.48. The highest BCUT2D eigenvalue weighted by molar-refractivity contribution is 7.80. The Morgan fingerprint density at radius 2 is 1.74 bits per heavy atom. The summed E-state index contributed by atoms with van der Waals surface area (Å²) in [5.41, 5.74) is 0. The fourth-order valence-corrected chi connectivity index (χ4v) is 3.13. The minimum atomic E-state index is -0.855. The summed E-state index contributed by atoms with van der Waals surface area (Å²) in [6, 6.07) is 0. The van der Waals surface area contributed by atoms with Crippen molar-refractivity contribution in [1.29, 1.82) is 0 Å². The van der Waals surface area contributed by atoms with Crippen molar-refractivity contribution < 1.29 is 14.3 Å². The first-order chi connectivity index (χ1) is 11.1. The van der Waals surface area contributed by atoms with E-state index >= 15 is 0 Å². The molecule has 2 saturated heterocycles. The van der Waals surface area contributed by atoms with Gasteiger partial charge in [-0.1, -0.05) is 0 Å². The number of thiocarbonyl (C=S) groups is 1. The van der Waals surface area contributed by atoms with Crippen LogP contribution in [-0.4, -0.2) is 90.3 Å². The highest BCUT2D eigenvalue weighted by atomic mass is 32.1. The average Bonchev–Trinajstić information content (AvgIpc) is 2.56. The molecule has 0 bridgehead atoms. The van der Waals surface area contributed by atoms with Gasteiger partial charge < -0.3 is 4.74 Å². The first kappa shape index (κ1) is 18.0. The summed E-state index contributed by atoms with van der Waals surface area (Å²) >= 11 is 5.22. The summed E-state index contributed by atoms with van der Waals surface area (Å²) in [7, 11) is 0. The molecule has 0 spiro atoms. The van der Waals surface area contributed by atoms with E-state index in [-0.39, 0.29) is 11.8 Å². The van der Waals surface area contributed by atoms with E-state index in [1.54, 1.807) is 0 Å². The van der Waals surface area contributed by atoms with E-state index in [0.717, 1.165) is 32.8 Å². The molecule has 0 radical (unpaired) electrons. The predicted octanol–water partition coefficient (Wildman–Crippen LogP) is 0.00110. The molecule has 2 fully saturated rings. The Morgan fingerprint density at radius 1 is 1.17 bits per heavy atom. The molecule has 2 rings (SSSR count). The summed E-state index contributed by atoms with van der Waals surface area (Å²) in [6.45, 7) is 9.29. The summed E-state index contributed by atoms with van der Waals surface area (Å²) in [4.78, 5) is 34.3. The van der Waals surface area contributed by atoms with E-state index in [1.807, 2.05) is 13.8 Å². The molecular weight excluding hydrogens is 316 g/mol. The molecule has 8 heteroatoms. The molecule has 23 heavy (non-hydrogen) atoms. The third-order valence-electron chi connectivity index (χ3n) is 4.06. The molecule has 0 aromatic rings. The van der Waals surface area contributed by atoms with Crippen molar-refractivity contribution in [3.05, 3.63) is 0 Å². The molecule has 0 atom stereocenters. The standard InChI is InChI=1S/C15H24N4O3S/c1-3-18-13(20)12(14(21)19(4-2)15(18)23)11-16-5-6-17-7-9-22-10-8-17/h11-12H,3-10H2,1-2H3. The first-order valence-corrected chi connectivity index (χ1v) is 8.47. The minimum absolute atomic E-state index is 0.276. The van der Waals surface area contributed by atoms with Crippen LogP contribution in [0.2, 0.25) is 0 Å². The Morgan fingerprint density at radius 3 is 2.26 bits per heavy atom. The van der Waals surface area contributed by atoms with Gasteiger partial charge >= 0.3 is 0 Å². The zero-order valence-corrected chi connectivity index (χ0v) is 14.5. The number of hydrogen-bond acceptors (Lipinski definition) is 6. The average molecular weight is 340 g/mol. The van der Waals surface area contributed by atoms with E-state index in [4.69, 9.17) is 17.0 Å². The van der Waals surface area contributed by atoms with Crippen molar-refractivity contribution in [2.45, 2.75) is 13.8 Å². The van der Waals surface area contributed by atoms with Crippen LogP contribution in [0.5, 0.6) is 0 Å². The number of carbonyl (C=O) groups excluding carboxylic acids is 2. The van der Waals surface area contributed by atoms with Crippen LogP contribution in [0.4, 0.5) is 0 Å². The molecule has 2 heterocycles. The van der Waals surface area contributed by atoms with E-state index in [2.05, 4.69) is 9.89 Å². The van der Waals surface area contributed by atoms with Gasteiger partial charge in [-0.25, -0.2) is 0 Å². The molecule has 0 aromatic carbocycles. The van der Waals surface area contributed by atoms with E-state index < -0.39 is 5.92 Å². The van der Waals surface area contributed by atoms with Crippen LogP contribution in [0.25, 0.3) is 0 Å². The molecule has 0 saturated carbocycles. The van der Waals surface area contributed by atoms with Gasteiger partial charge in [-0.15, -0.1) is 0 Å². The topological polar surface area (TPSA) is 65.5 Å². The number of hydrogen-bond donors (Lipinski definition) is 0. The van der Waals surface area contributed by atoms with Gasteiger partial charge in [-0.05, 0) is 26.1 Å². The highest BCUT2D eigenvalue weighted by Crippen LogP contribution is 2.16. The van der Waals surface area contributed by atoms with Crippen molar-refractivity contribution >= 4 is 35.4 Å². The number of nitrogens with zero attached hydrogens (tertiary/aromatic N) is 4. The number of aliphatic imine (C=N–C) groups is 1. The number of amides is 2. The first-order valence-electron chi connectivity index (χ1n) is 8.06. The monoisotopic (exact) mass is 340 g/mol. The maximum Gasteiger partial charge on any atom is 0.246 e. The van der Waals surface area contributed by atoms with Gasteiger partial charge in [-0.3, -0.25) is 29.3 Å². The summed E-state index contributed by atoms with van der Waals surface area (Å²) < 4.78 is 5.30. The summed E-state index contributed by atoms with van der Waals surface area (Å²) in [5.74, 6) is -1.41. The van der Waals surface area contributed by atoms with Crippen molar-refractivity contribution in [1.82, 2.24) is 14.7 Å². The largest absolute Gasteiger partial charge is 0.379 e. The molecule has 0 aliphatic carbocycles. The Labute approximate surface area is 142 Å². The molecule has 0 N–H and O–H groups in total. The SMILES string of the molecule is CCN1C(=O)C(C=NCCN2CCOCC2)C(=O)N(CC)C1=S. The van der Waals surface area contributed by atoms with E-state index in [9.17, 15) is 9.59 Å². The van der Waals surface area contributed by atoms with Crippen LogP contribution in [-0.2, 0) is 14.3 Å². The van der Waals surface area contributed by atoms with Crippen LogP contribution in [0.1, 0.15) is 13.8 Å². The van der Waals surface area contributed by atoms with Crippen molar-refractivity contribution in [2.24, 2.45) is 10.9 Å². The molecule has 0 aromatic heterocycles. The van der Waals surface area contributed by atoms with E-state index in [0.29, 0.717) is 24.7 Å². The second kappa shape index (κ2) is 8.47. The van der Waals surface area contributed by atoms with Crippen molar-refractivity contribution in [3.63, 3.8) is 0 Å². The van der Waals surface area contributed by atoms with Crippen molar-refractivity contribution in [2.75, 3.05) is 52.5 Å². The lowest BCUT2D eigenvalue weighted by Gasteiger charge is -2.37. The Balaban J connectivity index is 1.95. The molecule has 7 nitrogen and oxygen atoms in total. The zero-order chi connectivity index (χ0) is 16.8. The molecule has 0 unspecified atom stereocenters. The lowest BCUT2D eigenvalue weighted by Crippen LogP contribution is -2.59. The Bertz CT molecular complexity index is 465. The van der Waals surface area contributed by atoms with Crippen LogP contribution in [0.15, 0.2) is 4.99 Å². The maximum atomic E-state index is 12.4. The van der Waals surface area contributed by atoms with Crippen LogP contribution in [0, 0.1) is 5.92 Å². The number of rotatable bonds is 6. The fourth-order valence-electron chi connectivity index (χ4n) is 2.69. The summed E-state index contributed by atoms with van der Waals surface area (Å²) in [5, 5.41) is 0.294. The van der Waals surface area contributed by atoms with Gasteiger partial charge in [0.05, 0.1) is 19.8 Å². The van der Waals surface area contributed by atoms with E-state index in [1.165, 1.54) is 16.0 Å². The van der Waals surface area contributed by atoms with Gasteiger partial charge in [0.1, 0.15) is 0 Å². The molecule has 2 amide bonds. The molecule has 2 aliphatic rings. The van der Waals surface area contributed by atoms with Crippen LogP contribution in [0.3, 0.4) is 0 Å². The lowest BCUT2D eigenvalue weighted by molar-refractivity contribution is -0.143. The van der Waals surface area contributed by atoms with Gasteiger partial charge in [0.15, 0.2) is 11.0 Å². The lowest BCUT2D eigenvalue weighted by atomic mass is 10.1.